The van der Waals surface area contributed by atoms with Crippen LogP contribution in [-0.4, -0.2) is 19.3 Å². The van der Waals surface area contributed by atoms with Crippen molar-refractivity contribution in [3.05, 3.63) is 51.1 Å². The quantitative estimate of drug-likeness (QED) is 0.763. The van der Waals surface area contributed by atoms with Gasteiger partial charge in [0.2, 0.25) is 10.0 Å². The van der Waals surface area contributed by atoms with Crippen LogP contribution in [0.25, 0.3) is 0 Å². The van der Waals surface area contributed by atoms with E-state index in [9.17, 15) is 8.42 Å². The minimum Gasteiger partial charge on any atom is -0.207 e. The van der Waals surface area contributed by atoms with Gasteiger partial charge in [0.15, 0.2) is 0 Å². The molecule has 1 aromatic carbocycles. The molecule has 108 valence electrons. The van der Waals surface area contributed by atoms with Gasteiger partial charge in [0, 0.05) is 17.6 Å². The lowest BCUT2D eigenvalue weighted by Crippen LogP contribution is -2.31. The van der Waals surface area contributed by atoms with Crippen LogP contribution in [0.3, 0.4) is 0 Å². The molecule has 1 heterocycles. The Morgan fingerprint density at radius 3 is 2.45 bits per heavy atom. The number of hydrogen-bond donors (Lipinski definition) is 0. The van der Waals surface area contributed by atoms with Crippen molar-refractivity contribution in [2.45, 2.75) is 24.8 Å². The Morgan fingerprint density at radius 2 is 1.90 bits per heavy atom. The lowest BCUT2D eigenvalue weighted by molar-refractivity contribution is 0.406. The van der Waals surface area contributed by atoms with Gasteiger partial charge in [-0.1, -0.05) is 22.9 Å². The maximum Gasteiger partial charge on any atom is 0.243 e. The number of halogens is 1. The van der Waals surface area contributed by atoms with Crippen molar-refractivity contribution in [1.82, 2.24) is 4.31 Å². The Hall–Kier alpha value is -0.690. The molecule has 0 amide bonds. The molecule has 0 atom stereocenters. The highest BCUT2D eigenvalue weighted by atomic mass is 79.9. The molecule has 0 radical (unpaired) electrons. The fraction of sp³-hybridized carbons (Fsp3) is 0.286. The molecular weight excluding hydrogens is 358 g/mol. The highest BCUT2D eigenvalue weighted by molar-refractivity contribution is 9.10. The molecule has 0 aliphatic heterocycles. The molecule has 3 nitrogen and oxygen atoms in total. The summed E-state index contributed by atoms with van der Waals surface area (Å²) in [5, 5.41) is 3.95. The Bertz CT molecular complexity index is 636. The van der Waals surface area contributed by atoms with Crippen LogP contribution in [0.15, 0.2) is 50.5 Å². The second kappa shape index (κ2) is 6.85. The lowest BCUT2D eigenvalue weighted by atomic mass is 10.3. The summed E-state index contributed by atoms with van der Waals surface area (Å²) in [6, 6.07) is 8.74. The first-order valence-corrected chi connectivity index (χ1v) is 9.48. The van der Waals surface area contributed by atoms with Crippen LogP contribution in [0.2, 0.25) is 0 Å². The molecule has 0 aliphatic carbocycles. The highest BCUT2D eigenvalue weighted by Gasteiger charge is 2.23. The second-order valence-electron chi connectivity index (χ2n) is 4.42. The maximum absolute atomic E-state index is 12.7. The molecule has 20 heavy (non-hydrogen) atoms. The van der Waals surface area contributed by atoms with Crippen molar-refractivity contribution in [3.8, 4) is 0 Å². The molecular formula is C14H16BrNO2S2. The second-order valence-corrected chi connectivity index (χ2v) is 8.06. The summed E-state index contributed by atoms with van der Waals surface area (Å²) < 4.78 is 27.8. The Morgan fingerprint density at radius 1 is 1.20 bits per heavy atom. The van der Waals surface area contributed by atoms with E-state index in [1.807, 2.05) is 23.8 Å². The van der Waals surface area contributed by atoms with Crippen LogP contribution in [-0.2, 0) is 16.6 Å². The summed E-state index contributed by atoms with van der Waals surface area (Å²) in [6.07, 6.45) is 0.792. The largest absolute Gasteiger partial charge is 0.243 e. The Balaban J connectivity index is 2.29. The van der Waals surface area contributed by atoms with E-state index in [1.54, 1.807) is 35.6 Å². The minimum atomic E-state index is -3.44. The van der Waals surface area contributed by atoms with Crippen molar-refractivity contribution in [2.24, 2.45) is 0 Å². The smallest absolute Gasteiger partial charge is 0.207 e. The van der Waals surface area contributed by atoms with Crippen molar-refractivity contribution >= 4 is 37.3 Å². The van der Waals surface area contributed by atoms with Crippen molar-refractivity contribution in [1.29, 1.82) is 0 Å². The fourth-order valence-corrected chi connectivity index (χ4v) is 4.32. The van der Waals surface area contributed by atoms with Gasteiger partial charge in [-0.2, -0.15) is 15.6 Å². The van der Waals surface area contributed by atoms with Gasteiger partial charge in [-0.05, 0) is 53.1 Å². The number of benzene rings is 1. The molecule has 0 bridgehead atoms. The predicted octanol–water partition coefficient (Wildman–Crippen LogP) is 4.11. The average Bonchev–Trinajstić information content (AvgIpc) is 2.92. The zero-order valence-electron chi connectivity index (χ0n) is 11.1. The number of rotatable bonds is 6. The molecule has 0 saturated heterocycles. The predicted molar refractivity (Wildman–Crippen MR) is 86.3 cm³/mol. The average molecular weight is 374 g/mol. The van der Waals surface area contributed by atoms with Gasteiger partial charge < -0.3 is 0 Å². The van der Waals surface area contributed by atoms with Gasteiger partial charge in [0.05, 0.1) is 4.90 Å². The summed E-state index contributed by atoms with van der Waals surface area (Å²) in [5.74, 6) is 0. The molecule has 0 fully saturated rings. The van der Waals surface area contributed by atoms with Crippen LogP contribution in [0, 0.1) is 0 Å². The first kappa shape index (κ1) is 15.7. The van der Waals surface area contributed by atoms with E-state index in [0.29, 0.717) is 18.0 Å². The van der Waals surface area contributed by atoms with Gasteiger partial charge in [-0.3, -0.25) is 0 Å². The van der Waals surface area contributed by atoms with Gasteiger partial charge in [-0.25, -0.2) is 8.42 Å². The number of sulfonamides is 1. The summed E-state index contributed by atoms with van der Waals surface area (Å²) >= 11 is 4.90. The summed E-state index contributed by atoms with van der Waals surface area (Å²) in [6.45, 7) is 2.93. The molecule has 0 aliphatic rings. The number of thiophene rings is 1. The molecule has 0 unspecified atom stereocenters. The minimum absolute atomic E-state index is 0.337. The maximum atomic E-state index is 12.7. The molecule has 2 aromatic rings. The SMILES string of the molecule is CCCN(Cc1ccsc1)S(=O)(=O)c1ccc(Br)cc1. The van der Waals surface area contributed by atoms with E-state index < -0.39 is 10.0 Å². The third-order valence-electron chi connectivity index (χ3n) is 2.86. The van der Waals surface area contributed by atoms with Crippen molar-refractivity contribution in [2.75, 3.05) is 6.54 Å². The van der Waals surface area contributed by atoms with Crippen LogP contribution in [0.1, 0.15) is 18.9 Å². The van der Waals surface area contributed by atoms with Gasteiger partial charge in [-0.15, -0.1) is 0 Å². The molecule has 0 saturated carbocycles. The molecule has 1 aromatic heterocycles. The summed E-state index contributed by atoms with van der Waals surface area (Å²) in [5.41, 5.74) is 1.03. The summed E-state index contributed by atoms with van der Waals surface area (Å²) in [7, 11) is -3.44. The first-order valence-electron chi connectivity index (χ1n) is 6.31. The number of hydrogen-bond acceptors (Lipinski definition) is 3. The first-order chi connectivity index (χ1) is 9.54. The van der Waals surface area contributed by atoms with E-state index in [4.69, 9.17) is 0 Å². The standard InChI is InChI=1S/C14H16BrNO2S2/c1-2-8-16(10-12-7-9-19-11-12)20(17,18)14-5-3-13(15)4-6-14/h3-7,9,11H,2,8,10H2,1H3. The zero-order chi connectivity index (χ0) is 14.6. The van der Waals surface area contributed by atoms with Crippen LogP contribution < -0.4 is 0 Å². The molecule has 0 spiro atoms. The highest BCUT2D eigenvalue weighted by Crippen LogP contribution is 2.21. The van der Waals surface area contributed by atoms with E-state index in [1.165, 1.54) is 4.31 Å². The lowest BCUT2D eigenvalue weighted by Gasteiger charge is -2.21. The molecule has 2 rings (SSSR count). The van der Waals surface area contributed by atoms with E-state index in [0.717, 1.165) is 16.5 Å². The topological polar surface area (TPSA) is 37.4 Å². The number of nitrogens with zero attached hydrogens (tertiary/aromatic N) is 1. The van der Waals surface area contributed by atoms with Crippen LogP contribution in [0.4, 0.5) is 0 Å². The van der Waals surface area contributed by atoms with Crippen molar-refractivity contribution in [3.63, 3.8) is 0 Å². The zero-order valence-corrected chi connectivity index (χ0v) is 14.3. The van der Waals surface area contributed by atoms with E-state index >= 15 is 0 Å². The van der Waals surface area contributed by atoms with Crippen LogP contribution in [0.5, 0.6) is 0 Å². The van der Waals surface area contributed by atoms with Gasteiger partial charge in [0.25, 0.3) is 0 Å². The normalized spacial score (nSPS) is 11.9. The van der Waals surface area contributed by atoms with E-state index in [-0.39, 0.29) is 0 Å². The molecule has 0 N–H and O–H groups in total. The van der Waals surface area contributed by atoms with Crippen LogP contribution >= 0.6 is 27.3 Å². The van der Waals surface area contributed by atoms with Gasteiger partial charge >= 0.3 is 0 Å². The fourth-order valence-electron chi connectivity index (χ4n) is 1.88. The monoisotopic (exact) mass is 373 g/mol. The third-order valence-corrected chi connectivity index (χ3v) is 5.98. The van der Waals surface area contributed by atoms with Crippen molar-refractivity contribution < 1.29 is 8.42 Å². The van der Waals surface area contributed by atoms with E-state index in [2.05, 4.69) is 15.9 Å². The van der Waals surface area contributed by atoms with Gasteiger partial charge in [0.1, 0.15) is 0 Å². The third kappa shape index (κ3) is 3.69. The Labute approximate surface area is 132 Å². The Kier molecular flexibility index (Phi) is 5.37. The molecule has 6 heteroatoms. The summed E-state index contributed by atoms with van der Waals surface area (Å²) in [4.78, 5) is 0.337.